The van der Waals surface area contributed by atoms with E-state index in [0.29, 0.717) is 5.56 Å². The molecule has 0 fully saturated rings. The van der Waals surface area contributed by atoms with Crippen molar-refractivity contribution in [2.75, 3.05) is 0 Å². The number of carbonyl (C=O) groups is 1. The van der Waals surface area contributed by atoms with Gasteiger partial charge in [0.15, 0.2) is 0 Å². The molecule has 1 atom stereocenters. The predicted octanol–water partition coefficient (Wildman–Crippen LogP) is 0.405. The number of hydrogen-bond donors (Lipinski definition) is 2. The molecular weight excluding hydrogens is 248 g/mol. The van der Waals surface area contributed by atoms with Crippen molar-refractivity contribution >= 4 is 5.97 Å². The smallest absolute Gasteiger partial charge is 0.312 e. The number of aromatic amines is 1. The van der Waals surface area contributed by atoms with Gasteiger partial charge in [-0.2, -0.15) is 0 Å². The maximum Gasteiger partial charge on any atom is 0.312 e. The average molecular weight is 260 g/mol. The summed E-state index contributed by atoms with van der Waals surface area (Å²) in [5.74, 6) is -1.94. The first-order valence-electron chi connectivity index (χ1n) is 5.66. The van der Waals surface area contributed by atoms with E-state index in [0.717, 1.165) is 16.8 Å². The molecule has 2 N–H and O–H groups in total. The molecule has 2 rings (SSSR count). The molecule has 0 aliphatic carbocycles. The second kappa shape index (κ2) is 5.34. The van der Waals surface area contributed by atoms with Crippen LogP contribution in [0.4, 0.5) is 0 Å². The van der Waals surface area contributed by atoms with Crippen molar-refractivity contribution in [3.05, 3.63) is 68.7 Å². The van der Waals surface area contributed by atoms with Gasteiger partial charge in [0.05, 0.1) is 6.54 Å². The van der Waals surface area contributed by atoms with Crippen LogP contribution in [0.2, 0.25) is 0 Å². The molecule has 0 amide bonds. The first-order valence-corrected chi connectivity index (χ1v) is 5.66. The molecule has 0 aliphatic rings. The van der Waals surface area contributed by atoms with Crippen LogP contribution >= 0.6 is 0 Å². The third kappa shape index (κ3) is 2.98. The number of nitrogens with one attached hydrogen (secondary N) is 1. The van der Waals surface area contributed by atoms with Crippen molar-refractivity contribution in [1.29, 1.82) is 0 Å². The highest BCUT2D eigenvalue weighted by atomic mass is 16.4. The van der Waals surface area contributed by atoms with Gasteiger partial charge in [-0.25, -0.2) is 4.68 Å². The van der Waals surface area contributed by atoms with Crippen molar-refractivity contribution in [1.82, 2.24) is 9.78 Å². The van der Waals surface area contributed by atoms with E-state index in [9.17, 15) is 19.5 Å². The van der Waals surface area contributed by atoms with E-state index in [1.54, 1.807) is 30.3 Å². The predicted molar refractivity (Wildman–Crippen MR) is 68.1 cm³/mol. The van der Waals surface area contributed by atoms with Crippen LogP contribution in [-0.4, -0.2) is 20.9 Å². The van der Waals surface area contributed by atoms with Gasteiger partial charge in [-0.05, 0) is 5.56 Å². The van der Waals surface area contributed by atoms with Gasteiger partial charge in [0.1, 0.15) is 5.92 Å². The topological polar surface area (TPSA) is 92.2 Å². The number of H-pyrrole nitrogens is 1. The number of rotatable bonds is 4. The third-order valence-electron chi connectivity index (χ3n) is 2.75. The van der Waals surface area contributed by atoms with E-state index in [2.05, 4.69) is 5.10 Å². The van der Waals surface area contributed by atoms with Crippen LogP contribution in [0, 0.1) is 0 Å². The summed E-state index contributed by atoms with van der Waals surface area (Å²) in [6, 6.07) is 10.8. The molecule has 1 aromatic heterocycles. The molecule has 1 aromatic carbocycles. The van der Waals surface area contributed by atoms with E-state index >= 15 is 0 Å². The van der Waals surface area contributed by atoms with Gasteiger partial charge in [0.25, 0.3) is 11.1 Å². The highest BCUT2D eigenvalue weighted by molar-refractivity contribution is 5.75. The summed E-state index contributed by atoms with van der Waals surface area (Å²) in [5, 5.41) is 11.6. The summed E-state index contributed by atoms with van der Waals surface area (Å²) in [6.07, 6.45) is 0. The zero-order chi connectivity index (χ0) is 13.8. The number of benzene rings is 1. The van der Waals surface area contributed by atoms with Crippen molar-refractivity contribution < 1.29 is 9.90 Å². The van der Waals surface area contributed by atoms with Crippen LogP contribution in [0.1, 0.15) is 11.5 Å². The minimum Gasteiger partial charge on any atom is -0.481 e. The molecule has 1 unspecified atom stereocenters. The Morgan fingerprint density at radius 3 is 2.47 bits per heavy atom. The second-order valence-corrected chi connectivity index (χ2v) is 4.06. The molecule has 6 nitrogen and oxygen atoms in total. The minimum absolute atomic E-state index is 0.117. The van der Waals surface area contributed by atoms with Crippen molar-refractivity contribution in [3.63, 3.8) is 0 Å². The van der Waals surface area contributed by atoms with Crippen LogP contribution in [0.3, 0.4) is 0 Å². The van der Waals surface area contributed by atoms with Crippen LogP contribution in [-0.2, 0) is 11.3 Å². The van der Waals surface area contributed by atoms with Gasteiger partial charge in [0, 0.05) is 12.1 Å². The zero-order valence-electron chi connectivity index (χ0n) is 9.95. The first-order chi connectivity index (χ1) is 9.08. The van der Waals surface area contributed by atoms with E-state index in [4.69, 9.17) is 0 Å². The molecular formula is C13H12N2O4. The Morgan fingerprint density at radius 2 is 1.84 bits per heavy atom. The number of hydrogen-bond acceptors (Lipinski definition) is 3. The maximum absolute atomic E-state index is 11.6. The standard InChI is InChI=1S/C13H12N2O4/c16-11-6-7-12(17)15(14-11)8-10(13(18)19)9-4-2-1-3-5-9/h1-7,10H,8H2,(H,14,16)(H,18,19). The van der Waals surface area contributed by atoms with Gasteiger partial charge in [-0.15, -0.1) is 0 Å². The lowest BCUT2D eigenvalue weighted by Gasteiger charge is -2.13. The molecule has 0 aliphatic heterocycles. The summed E-state index contributed by atoms with van der Waals surface area (Å²) in [5.41, 5.74) is -0.315. The Labute approximate surface area is 107 Å². The summed E-state index contributed by atoms with van der Waals surface area (Å²) in [7, 11) is 0. The summed E-state index contributed by atoms with van der Waals surface area (Å²) >= 11 is 0. The number of aliphatic carboxylic acids is 1. The Hall–Kier alpha value is -2.63. The zero-order valence-corrected chi connectivity index (χ0v) is 9.95. The SMILES string of the molecule is O=C(O)C(Cn1[nH]c(=O)ccc1=O)c1ccccc1. The van der Waals surface area contributed by atoms with E-state index in [1.807, 2.05) is 0 Å². The van der Waals surface area contributed by atoms with Crippen LogP contribution in [0.25, 0.3) is 0 Å². The first kappa shape index (κ1) is 12.8. The Balaban J connectivity index is 2.37. The number of aromatic nitrogens is 2. The monoisotopic (exact) mass is 260 g/mol. The fourth-order valence-electron chi connectivity index (χ4n) is 1.79. The molecule has 0 bridgehead atoms. The van der Waals surface area contributed by atoms with Gasteiger partial charge >= 0.3 is 5.97 Å². The molecule has 6 heteroatoms. The van der Waals surface area contributed by atoms with Gasteiger partial charge < -0.3 is 5.11 Å². The van der Waals surface area contributed by atoms with Gasteiger partial charge in [-0.3, -0.25) is 19.5 Å². The molecule has 2 aromatic rings. The van der Waals surface area contributed by atoms with Crippen LogP contribution in [0.15, 0.2) is 52.1 Å². The lowest BCUT2D eigenvalue weighted by molar-refractivity contribution is -0.139. The van der Waals surface area contributed by atoms with E-state index < -0.39 is 23.0 Å². The molecule has 0 spiro atoms. The fourth-order valence-corrected chi connectivity index (χ4v) is 1.79. The van der Waals surface area contributed by atoms with Crippen LogP contribution < -0.4 is 11.1 Å². The number of nitrogens with zero attached hydrogens (tertiary/aromatic N) is 1. The minimum atomic E-state index is -1.05. The average Bonchev–Trinajstić information content (AvgIpc) is 2.40. The van der Waals surface area contributed by atoms with E-state index in [-0.39, 0.29) is 6.54 Å². The molecule has 0 saturated heterocycles. The highest BCUT2D eigenvalue weighted by Crippen LogP contribution is 2.16. The fraction of sp³-hybridized carbons (Fsp3) is 0.154. The van der Waals surface area contributed by atoms with Crippen molar-refractivity contribution in [2.45, 2.75) is 12.5 Å². The normalized spacial score (nSPS) is 12.0. The molecule has 0 saturated carbocycles. The Morgan fingerprint density at radius 1 is 1.16 bits per heavy atom. The van der Waals surface area contributed by atoms with Crippen LogP contribution in [0.5, 0.6) is 0 Å². The Bertz CT molecular complexity index is 688. The lowest BCUT2D eigenvalue weighted by Crippen LogP contribution is -2.32. The largest absolute Gasteiger partial charge is 0.481 e. The lowest BCUT2D eigenvalue weighted by atomic mass is 9.99. The summed E-state index contributed by atoms with van der Waals surface area (Å²) < 4.78 is 1.01. The van der Waals surface area contributed by atoms with Crippen molar-refractivity contribution in [3.8, 4) is 0 Å². The molecule has 0 radical (unpaired) electrons. The summed E-state index contributed by atoms with van der Waals surface area (Å²) in [6.45, 7) is -0.117. The Kier molecular flexibility index (Phi) is 3.61. The highest BCUT2D eigenvalue weighted by Gasteiger charge is 2.20. The number of carboxylic acids is 1. The molecule has 1 heterocycles. The van der Waals surface area contributed by atoms with Gasteiger partial charge in [-0.1, -0.05) is 30.3 Å². The van der Waals surface area contributed by atoms with Crippen molar-refractivity contribution in [2.24, 2.45) is 0 Å². The second-order valence-electron chi connectivity index (χ2n) is 4.06. The summed E-state index contributed by atoms with van der Waals surface area (Å²) in [4.78, 5) is 34.0. The number of carboxylic acid groups (broad SMARTS) is 1. The van der Waals surface area contributed by atoms with Gasteiger partial charge in [0.2, 0.25) is 0 Å². The molecule has 98 valence electrons. The maximum atomic E-state index is 11.6. The molecule has 19 heavy (non-hydrogen) atoms. The quantitative estimate of drug-likeness (QED) is 0.832. The third-order valence-corrected chi connectivity index (χ3v) is 2.75. The van der Waals surface area contributed by atoms with E-state index in [1.165, 1.54) is 0 Å².